The van der Waals surface area contributed by atoms with Crippen molar-refractivity contribution in [1.82, 2.24) is 19.6 Å². The summed E-state index contributed by atoms with van der Waals surface area (Å²) < 4.78 is 27.9. The minimum absolute atomic E-state index is 0.00951. The largest absolute Gasteiger partial charge is 0.511 e. The molecule has 38 heavy (non-hydrogen) atoms. The number of hydrogen-bond acceptors (Lipinski definition) is 8. The summed E-state index contributed by atoms with van der Waals surface area (Å²) in [6.45, 7) is 7.49. The van der Waals surface area contributed by atoms with E-state index in [9.17, 15) is 14.3 Å². The molecule has 10 heteroatoms. The zero-order valence-corrected chi connectivity index (χ0v) is 23.0. The van der Waals surface area contributed by atoms with Crippen LogP contribution in [-0.4, -0.2) is 42.4 Å². The Morgan fingerprint density at radius 1 is 1.24 bits per heavy atom. The molecule has 1 unspecified atom stereocenters. The maximum absolute atomic E-state index is 14.6. The van der Waals surface area contributed by atoms with Crippen molar-refractivity contribution in [3.05, 3.63) is 57.7 Å². The molecule has 0 saturated heterocycles. The molecule has 1 saturated carbocycles. The van der Waals surface area contributed by atoms with Crippen LogP contribution in [0.2, 0.25) is 0 Å². The molecule has 1 fully saturated rings. The van der Waals surface area contributed by atoms with Gasteiger partial charge in [-0.2, -0.15) is 4.98 Å². The number of aliphatic hydroxyl groups is 1. The van der Waals surface area contributed by atoms with Gasteiger partial charge in [0.15, 0.2) is 11.6 Å². The monoisotopic (exact) mass is 540 g/mol. The molecular formula is C28H33FN4O4S. The van der Waals surface area contributed by atoms with Crippen molar-refractivity contribution < 1.29 is 23.8 Å². The number of ether oxygens (including phenoxy) is 2. The van der Waals surface area contributed by atoms with E-state index in [0.717, 1.165) is 54.4 Å². The number of thioether (sulfide) groups is 1. The Balaban J connectivity index is 1.38. The van der Waals surface area contributed by atoms with Crippen molar-refractivity contribution in [2.75, 3.05) is 0 Å². The number of nitrogens with zero attached hydrogens (tertiary/aromatic N) is 4. The Bertz CT molecular complexity index is 1400. The van der Waals surface area contributed by atoms with E-state index in [1.54, 1.807) is 10.6 Å². The summed E-state index contributed by atoms with van der Waals surface area (Å²) in [5.41, 5.74) is 1.65. The highest BCUT2D eigenvalue weighted by Crippen LogP contribution is 2.47. The molecule has 2 aliphatic rings. The van der Waals surface area contributed by atoms with Crippen molar-refractivity contribution in [2.45, 2.75) is 89.5 Å². The van der Waals surface area contributed by atoms with Crippen LogP contribution in [0.25, 0.3) is 5.78 Å². The first kappa shape index (κ1) is 26.5. The summed E-state index contributed by atoms with van der Waals surface area (Å²) in [4.78, 5) is 22.2. The summed E-state index contributed by atoms with van der Waals surface area (Å²) in [6.07, 6.45) is 5.07. The lowest BCUT2D eigenvalue weighted by molar-refractivity contribution is -0.166. The van der Waals surface area contributed by atoms with Gasteiger partial charge in [0, 0.05) is 17.8 Å². The zero-order valence-electron chi connectivity index (χ0n) is 22.2. The molecule has 1 aliphatic heterocycles. The predicted octanol–water partition coefficient (Wildman–Crippen LogP) is 6.04. The second kappa shape index (κ2) is 10.6. The molecule has 202 valence electrons. The lowest BCUT2D eigenvalue weighted by Gasteiger charge is -2.41. The topological polar surface area (TPSA) is 98.8 Å². The van der Waals surface area contributed by atoms with E-state index in [4.69, 9.17) is 9.47 Å². The van der Waals surface area contributed by atoms with Crippen molar-refractivity contribution in [1.29, 1.82) is 0 Å². The number of esters is 1. The highest BCUT2D eigenvalue weighted by molar-refractivity contribution is 8.03. The first-order chi connectivity index (χ1) is 18.1. The number of carbonyl (C=O) groups excluding carboxylic acids is 1. The van der Waals surface area contributed by atoms with Gasteiger partial charge >= 0.3 is 5.97 Å². The third kappa shape index (κ3) is 5.36. The van der Waals surface area contributed by atoms with Crippen LogP contribution in [0.3, 0.4) is 0 Å². The highest BCUT2D eigenvalue weighted by Gasteiger charge is 2.48. The van der Waals surface area contributed by atoms with Crippen LogP contribution in [0.4, 0.5) is 4.39 Å². The molecule has 1 atom stereocenters. The number of aromatic nitrogens is 4. The minimum Gasteiger partial charge on any atom is -0.511 e. The fourth-order valence-corrected chi connectivity index (χ4v) is 6.31. The fraction of sp³-hybridized carbons (Fsp3) is 0.500. The van der Waals surface area contributed by atoms with E-state index in [0.29, 0.717) is 23.8 Å². The molecular weight excluding hydrogens is 507 g/mol. The van der Waals surface area contributed by atoms with Crippen LogP contribution in [0.15, 0.2) is 40.1 Å². The van der Waals surface area contributed by atoms with Gasteiger partial charge in [-0.25, -0.2) is 18.7 Å². The van der Waals surface area contributed by atoms with Gasteiger partial charge in [-0.15, -0.1) is 5.10 Å². The molecule has 1 aliphatic carbocycles. The first-order valence-electron chi connectivity index (χ1n) is 13.1. The summed E-state index contributed by atoms with van der Waals surface area (Å²) in [5.74, 6) is -0.194. The number of cyclic esters (lactones) is 1. The average molecular weight is 541 g/mol. The standard InChI is InChI=1S/C28H33FN4O4S/c1-16(2)36-23-10-9-19(14-21(23)29)11-12-28(20-7-5-6-8-20)15-22(34)24(25(35)37-28)38-27-31-26-30-17(3)13-18(4)33(26)32-27/h9-10,13-14,16,20,34H,5-8,11-12,15H2,1-4H3. The molecule has 3 aromatic rings. The number of aliphatic hydroxyl groups excluding tert-OH is 1. The molecule has 0 spiro atoms. The van der Waals surface area contributed by atoms with Gasteiger partial charge in [-0.05, 0) is 94.8 Å². The van der Waals surface area contributed by atoms with E-state index in [1.165, 1.54) is 6.07 Å². The van der Waals surface area contributed by atoms with Gasteiger partial charge < -0.3 is 14.6 Å². The smallest absolute Gasteiger partial charge is 0.349 e. The van der Waals surface area contributed by atoms with Gasteiger partial charge in [-0.3, -0.25) is 0 Å². The van der Waals surface area contributed by atoms with Gasteiger partial charge in [-0.1, -0.05) is 18.9 Å². The molecule has 0 amide bonds. The Morgan fingerprint density at radius 2 is 2.00 bits per heavy atom. The van der Waals surface area contributed by atoms with Crippen LogP contribution in [0, 0.1) is 25.6 Å². The fourth-order valence-electron chi connectivity index (χ4n) is 5.56. The van der Waals surface area contributed by atoms with Gasteiger partial charge in [0.1, 0.15) is 16.3 Å². The molecule has 8 nitrogen and oxygen atoms in total. The third-order valence-corrected chi connectivity index (χ3v) is 8.26. The summed E-state index contributed by atoms with van der Waals surface area (Å²) >= 11 is 0.996. The molecule has 5 rings (SSSR count). The first-order valence-corrected chi connectivity index (χ1v) is 13.9. The number of benzene rings is 1. The SMILES string of the molecule is Cc1cc(C)n2nc(SC3=C(O)CC(CCc4ccc(OC(C)C)c(F)c4)(C4CCCC4)OC3=O)nc2n1. The summed E-state index contributed by atoms with van der Waals surface area (Å²) in [6, 6.07) is 6.87. The van der Waals surface area contributed by atoms with Crippen molar-refractivity contribution in [2.24, 2.45) is 5.92 Å². The summed E-state index contributed by atoms with van der Waals surface area (Å²) in [5, 5.41) is 15.9. The number of halogens is 1. The number of hydrogen-bond donors (Lipinski definition) is 1. The van der Waals surface area contributed by atoms with Crippen LogP contribution < -0.4 is 4.74 Å². The lowest BCUT2D eigenvalue weighted by atomic mass is 9.77. The number of rotatable bonds is 8. The van der Waals surface area contributed by atoms with Crippen LogP contribution in [-0.2, 0) is 16.0 Å². The Morgan fingerprint density at radius 3 is 2.68 bits per heavy atom. The maximum Gasteiger partial charge on any atom is 0.349 e. The number of aryl methyl sites for hydroxylation is 3. The Hall–Kier alpha value is -3.14. The molecule has 0 radical (unpaired) electrons. The second-order valence-corrected chi connectivity index (χ2v) is 11.5. The van der Waals surface area contributed by atoms with Gasteiger partial charge in [0.05, 0.1) is 6.10 Å². The van der Waals surface area contributed by atoms with E-state index in [-0.39, 0.29) is 34.9 Å². The van der Waals surface area contributed by atoms with Gasteiger partial charge in [0.25, 0.3) is 5.78 Å². The maximum atomic E-state index is 14.6. The third-order valence-electron chi connectivity index (χ3n) is 7.30. The second-order valence-electron chi connectivity index (χ2n) is 10.6. The molecule has 1 aromatic carbocycles. The Kier molecular flexibility index (Phi) is 7.35. The van der Waals surface area contributed by atoms with Crippen molar-refractivity contribution in [3.63, 3.8) is 0 Å². The van der Waals surface area contributed by atoms with E-state index in [2.05, 4.69) is 15.1 Å². The zero-order chi connectivity index (χ0) is 27.0. The number of carbonyl (C=O) groups is 1. The molecule has 2 aromatic heterocycles. The van der Waals surface area contributed by atoms with E-state index >= 15 is 0 Å². The normalized spacial score (nSPS) is 20.5. The molecule has 3 heterocycles. The van der Waals surface area contributed by atoms with Crippen LogP contribution in [0.5, 0.6) is 5.75 Å². The highest BCUT2D eigenvalue weighted by atomic mass is 32.2. The van der Waals surface area contributed by atoms with Crippen LogP contribution >= 0.6 is 11.8 Å². The number of fused-ring (bicyclic) bond motifs is 1. The van der Waals surface area contributed by atoms with Gasteiger partial charge in [0.2, 0.25) is 5.16 Å². The van der Waals surface area contributed by atoms with E-state index in [1.807, 2.05) is 39.8 Å². The van der Waals surface area contributed by atoms with Crippen LogP contribution in [0.1, 0.15) is 69.3 Å². The van der Waals surface area contributed by atoms with Crippen molar-refractivity contribution >= 4 is 23.5 Å². The summed E-state index contributed by atoms with van der Waals surface area (Å²) in [7, 11) is 0. The van der Waals surface area contributed by atoms with E-state index < -0.39 is 17.4 Å². The average Bonchev–Trinajstić information content (AvgIpc) is 3.52. The lowest BCUT2D eigenvalue weighted by Crippen LogP contribution is -2.45. The quantitative estimate of drug-likeness (QED) is 0.346. The predicted molar refractivity (Wildman–Crippen MR) is 142 cm³/mol. The Labute approximate surface area is 225 Å². The molecule has 1 N–H and O–H groups in total. The minimum atomic E-state index is -0.840. The molecule has 0 bridgehead atoms. The van der Waals surface area contributed by atoms with Crippen molar-refractivity contribution in [3.8, 4) is 5.75 Å².